The molecule has 0 atom stereocenters. The summed E-state index contributed by atoms with van der Waals surface area (Å²) in [5.74, 6) is 1.28. The number of benzene rings is 2. The Balaban J connectivity index is 2.33. The SMILES string of the molecule is Cc1ccccc1OC(=NI)c1ccccc1O. The van der Waals surface area contributed by atoms with Crippen LogP contribution in [0.3, 0.4) is 0 Å². The summed E-state index contributed by atoms with van der Waals surface area (Å²) >= 11 is 1.86. The Morgan fingerprint density at radius 3 is 2.44 bits per heavy atom. The zero-order valence-corrected chi connectivity index (χ0v) is 12.0. The molecule has 1 N–H and O–H groups in total. The van der Waals surface area contributed by atoms with Gasteiger partial charge in [-0.05, 0) is 30.7 Å². The van der Waals surface area contributed by atoms with Crippen LogP contribution in [0.1, 0.15) is 11.1 Å². The van der Waals surface area contributed by atoms with Gasteiger partial charge in [0, 0.05) is 0 Å². The highest BCUT2D eigenvalue weighted by Crippen LogP contribution is 2.22. The number of phenols is 1. The third-order valence-electron chi connectivity index (χ3n) is 2.51. The first-order valence-corrected chi connectivity index (χ1v) is 6.39. The Morgan fingerprint density at radius 2 is 1.78 bits per heavy atom. The molecule has 0 heterocycles. The van der Waals surface area contributed by atoms with E-state index in [1.54, 1.807) is 18.2 Å². The predicted molar refractivity (Wildman–Crippen MR) is 80.5 cm³/mol. The molecule has 2 aromatic carbocycles. The van der Waals surface area contributed by atoms with Crippen LogP contribution in [-0.4, -0.2) is 11.0 Å². The van der Waals surface area contributed by atoms with Crippen molar-refractivity contribution in [3.8, 4) is 11.5 Å². The van der Waals surface area contributed by atoms with Crippen molar-refractivity contribution in [1.29, 1.82) is 0 Å². The van der Waals surface area contributed by atoms with Crippen molar-refractivity contribution in [1.82, 2.24) is 0 Å². The smallest absolute Gasteiger partial charge is 0.235 e. The van der Waals surface area contributed by atoms with Crippen molar-refractivity contribution in [2.24, 2.45) is 3.21 Å². The zero-order chi connectivity index (χ0) is 13.0. The lowest BCUT2D eigenvalue weighted by molar-refractivity contribution is 0.469. The van der Waals surface area contributed by atoms with Gasteiger partial charge in [-0.1, -0.05) is 30.3 Å². The molecule has 2 rings (SSSR count). The lowest BCUT2D eigenvalue weighted by Crippen LogP contribution is -2.10. The third-order valence-corrected chi connectivity index (χ3v) is 2.95. The molecule has 18 heavy (non-hydrogen) atoms. The molecular weight excluding hydrogens is 341 g/mol. The largest absolute Gasteiger partial charge is 0.507 e. The maximum Gasteiger partial charge on any atom is 0.235 e. The second kappa shape index (κ2) is 5.86. The van der Waals surface area contributed by atoms with E-state index < -0.39 is 0 Å². The van der Waals surface area contributed by atoms with Crippen molar-refractivity contribution < 1.29 is 9.84 Å². The maximum absolute atomic E-state index is 9.80. The number of hydrogen-bond acceptors (Lipinski definition) is 3. The first-order valence-electron chi connectivity index (χ1n) is 5.43. The molecule has 0 aliphatic rings. The summed E-state index contributed by atoms with van der Waals surface area (Å²) in [5, 5.41) is 9.80. The molecule has 0 aromatic heterocycles. The molecule has 2 aromatic rings. The lowest BCUT2D eigenvalue weighted by atomic mass is 10.2. The summed E-state index contributed by atoms with van der Waals surface area (Å²) in [6.45, 7) is 1.96. The molecule has 4 heteroatoms. The van der Waals surface area contributed by atoms with Gasteiger partial charge in [0.15, 0.2) is 0 Å². The van der Waals surface area contributed by atoms with Crippen LogP contribution >= 0.6 is 22.9 Å². The standard InChI is InChI=1S/C14H12INO2/c1-10-6-2-5-9-13(10)18-14(16-15)11-7-3-4-8-12(11)17/h2-9,17H,1H3. The van der Waals surface area contributed by atoms with Crippen LogP contribution in [-0.2, 0) is 0 Å². The number of para-hydroxylation sites is 2. The molecule has 0 unspecified atom stereocenters. The van der Waals surface area contributed by atoms with E-state index in [1.165, 1.54) is 0 Å². The maximum atomic E-state index is 9.80. The second-order valence-electron chi connectivity index (χ2n) is 3.77. The van der Waals surface area contributed by atoms with Gasteiger partial charge >= 0.3 is 0 Å². The van der Waals surface area contributed by atoms with Gasteiger partial charge in [0.1, 0.15) is 11.5 Å². The van der Waals surface area contributed by atoms with Gasteiger partial charge in [-0.15, -0.1) is 0 Å². The number of rotatable bonds is 2. The topological polar surface area (TPSA) is 41.8 Å². The highest BCUT2D eigenvalue weighted by atomic mass is 127. The van der Waals surface area contributed by atoms with E-state index in [-0.39, 0.29) is 5.75 Å². The number of nitrogens with zero attached hydrogens (tertiary/aromatic N) is 1. The Bertz CT molecular complexity index is 582. The molecule has 0 aliphatic heterocycles. The molecule has 3 nitrogen and oxygen atoms in total. The van der Waals surface area contributed by atoms with Crippen LogP contribution in [0.25, 0.3) is 0 Å². The Hall–Kier alpha value is -1.56. The normalized spacial score (nSPS) is 11.3. The predicted octanol–water partition coefficient (Wildman–Crippen LogP) is 3.88. The average Bonchev–Trinajstić information content (AvgIpc) is 2.39. The quantitative estimate of drug-likeness (QED) is 0.506. The van der Waals surface area contributed by atoms with E-state index in [0.717, 1.165) is 11.3 Å². The molecule has 0 aliphatic carbocycles. The number of phenolic OH excluding ortho intramolecular Hbond substituents is 1. The summed E-state index contributed by atoms with van der Waals surface area (Å²) in [7, 11) is 0. The van der Waals surface area contributed by atoms with Gasteiger partial charge in [0.25, 0.3) is 0 Å². The van der Waals surface area contributed by atoms with Crippen molar-refractivity contribution in [3.05, 3.63) is 59.7 Å². The van der Waals surface area contributed by atoms with Crippen LogP contribution in [0, 0.1) is 6.92 Å². The van der Waals surface area contributed by atoms with Gasteiger partial charge in [-0.2, -0.15) is 3.21 Å². The van der Waals surface area contributed by atoms with Crippen LogP contribution < -0.4 is 4.74 Å². The summed E-state index contributed by atoms with van der Waals surface area (Å²) in [6.07, 6.45) is 0. The van der Waals surface area contributed by atoms with Crippen molar-refractivity contribution in [2.75, 3.05) is 0 Å². The van der Waals surface area contributed by atoms with Gasteiger partial charge in [0.05, 0.1) is 28.4 Å². The van der Waals surface area contributed by atoms with E-state index in [1.807, 2.05) is 60.1 Å². The fourth-order valence-corrected chi connectivity index (χ4v) is 1.91. The van der Waals surface area contributed by atoms with E-state index in [4.69, 9.17) is 4.74 Å². The Labute approximate surface area is 120 Å². The fraction of sp³-hybridized carbons (Fsp3) is 0.0714. The minimum absolute atomic E-state index is 0.154. The molecule has 0 bridgehead atoms. The molecule has 0 radical (unpaired) electrons. The van der Waals surface area contributed by atoms with E-state index in [0.29, 0.717) is 11.5 Å². The summed E-state index contributed by atoms with van der Waals surface area (Å²) in [6, 6.07) is 14.7. The zero-order valence-electron chi connectivity index (χ0n) is 9.80. The Morgan fingerprint density at radius 1 is 1.11 bits per heavy atom. The lowest BCUT2D eigenvalue weighted by Gasteiger charge is -2.11. The minimum Gasteiger partial charge on any atom is -0.507 e. The summed E-state index contributed by atoms with van der Waals surface area (Å²) in [4.78, 5) is 0. The Kier molecular flexibility index (Phi) is 4.19. The molecule has 0 amide bonds. The number of aromatic hydroxyl groups is 1. The van der Waals surface area contributed by atoms with E-state index in [9.17, 15) is 5.11 Å². The fourth-order valence-electron chi connectivity index (χ4n) is 1.55. The van der Waals surface area contributed by atoms with Gasteiger partial charge in [-0.25, -0.2) is 0 Å². The molecule has 0 spiro atoms. The number of halogens is 1. The highest BCUT2D eigenvalue weighted by molar-refractivity contribution is 14.1. The average molecular weight is 353 g/mol. The molecule has 92 valence electrons. The first-order chi connectivity index (χ1) is 8.72. The number of aryl methyl sites for hydroxylation is 1. The first kappa shape index (κ1) is 12.9. The van der Waals surface area contributed by atoms with Crippen LogP contribution in [0.4, 0.5) is 0 Å². The van der Waals surface area contributed by atoms with Gasteiger partial charge in [0.2, 0.25) is 5.90 Å². The molecule has 0 saturated heterocycles. The highest BCUT2D eigenvalue weighted by Gasteiger charge is 2.11. The van der Waals surface area contributed by atoms with Crippen molar-refractivity contribution in [3.63, 3.8) is 0 Å². The van der Waals surface area contributed by atoms with Crippen LogP contribution in [0.2, 0.25) is 0 Å². The summed E-state index contributed by atoms with van der Waals surface area (Å²) < 4.78 is 9.80. The van der Waals surface area contributed by atoms with Gasteiger partial charge < -0.3 is 9.84 Å². The van der Waals surface area contributed by atoms with Gasteiger partial charge in [-0.3, -0.25) is 0 Å². The van der Waals surface area contributed by atoms with E-state index >= 15 is 0 Å². The third kappa shape index (κ3) is 2.81. The van der Waals surface area contributed by atoms with Crippen LogP contribution in [0.5, 0.6) is 11.5 Å². The van der Waals surface area contributed by atoms with Crippen molar-refractivity contribution >= 4 is 28.8 Å². The molecule has 0 fully saturated rings. The number of hydrogen-bond donors (Lipinski definition) is 1. The van der Waals surface area contributed by atoms with Crippen molar-refractivity contribution in [2.45, 2.75) is 6.92 Å². The monoisotopic (exact) mass is 353 g/mol. The number of ether oxygens (including phenoxy) is 1. The van der Waals surface area contributed by atoms with Crippen LogP contribution in [0.15, 0.2) is 51.7 Å². The minimum atomic E-state index is 0.154. The second-order valence-corrected chi connectivity index (χ2v) is 4.26. The van der Waals surface area contributed by atoms with E-state index in [2.05, 4.69) is 3.21 Å². The summed E-state index contributed by atoms with van der Waals surface area (Å²) in [5.41, 5.74) is 1.60. The molecular formula is C14H12INO2. The molecule has 0 saturated carbocycles.